The molecule has 170 valence electrons. The monoisotopic (exact) mass is 436 g/mol. The van der Waals surface area contributed by atoms with Crippen molar-refractivity contribution >= 4 is 5.69 Å². The summed E-state index contributed by atoms with van der Waals surface area (Å²) >= 11 is 0. The van der Waals surface area contributed by atoms with Gasteiger partial charge in [0.2, 0.25) is 0 Å². The van der Waals surface area contributed by atoms with Crippen LogP contribution in [0.15, 0.2) is 54.9 Å². The quantitative estimate of drug-likeness (QED) is 0.428. The van der Waals surface area contributed by atoms with Crippen molar-refractivity contribution < 1.29 is 9.47 Å². The van der Waals surface area contributed by atoms with Gasteiger partial charge in [-0.1, -0.05) is 24.3 Å². The van der Waals surface area contributed by atoms with Crippen molar-refractivity contribution in [2.45, 2.75) is 25.8 Å². The SMILES string of the molecule is COc1ccccc1N1CCN(CCCCOc2ccc(CCn3ncnn3)cc2)CC1. The molecule has 0 saturated carbocycles. The Morgan fingerprint density at radius 3 is 2.47 bits per heavy atom. The van der Waals surface area contributed by atoms with Gasteiger partial charge in [-0.3, -0.25) is 4.90 Å². The minimum absolute atomic E-state index is 0.730. The lowest BCUT2D eigenvalue weighted by atomic mass is 10.1. The minimum Gasteiger partial charge on any atom is -0.495 e. The maximum Gasteiger partial charge on any atom is 0.162 e. The number of hydrogen-bond donors (Lipinski definition) is 0. The molecule has 0 amide bonds. The number of hydrogen-bond acceptors (Lipinski definition) is 7. The van der Waals surface area contributed by atoms with Crippen LogP contribution in [0.3, 0.4) is 0 Å². The predicted molar refractivity (Wildman–Crippen MR) is 124 cm³/mol. The highest BCUT2D eigenvalue weighted by molar-refractivity contribution is 5.58. The first kappa shape index (κ1) is 22.1. The van der Waals surface area contributed by atoms with Crippen LogP contribution in [0.4, 0.5) is 5.69 Å². The third-order valence-electron chi connectivity index (χ3n) is 5.85. The number of benzene rings is 2. The van der Waals surface area contributed by atoms with Crippen molar-refractivity contribution in [2.24, 2.45) is 0 Å². The molecule has 8 heteroatoms. The molecule has 0 unspecified atom stereocenters. The van der Waals surface area contributed by atoms with Crippen LogP contribution in [0, 0.1) is 0 Å². The molecule has 4 rings (SSSR count). The highest BCUT2D eigenvalue weighted by Gasteiger charge is 2.19. The number of ether oxygens (including phenoxy) is 2. The van der Waals surface area contributed by atoms with Crippen molar-refractivity contribution in [3.63, 3.8) is 0 Å². The number of anilines is 1. The van der Waals surface area contributed by atoms with E-state index < -0.39 is 0 Å². The fourth-order valence-corrected chi connectivity index (χ4v) is 4.00. The summed E-state index contributed by atoms with van der Waals surface area (Å²) in [4.78, 5) is 6.57. The van der Waals surface area contributed by atoms with Crippen LogP contribution in [0.5, 0.6) is 11.5 Å². The van der Waals surface area contributed by atoms with Crippen molar-refractivity contribution in [1.29, 1.82) is 0 Å². The number of piperazine rings is 1. The van der Waals surface area contributed by atoms with Gasteiger partial charge >= 0.3 is 0 Å². The van der Waals surface area contributed by atoms with Crippen molar-refractivity contribution in [3.8, 4) is 11.5 Å². The van der Waals surface area contributed by atoms with E-state index in [1.807, 2.05) is 24.3 Å². The van der Waals surface area contributed by atoms with Crippen LogP contribution in [0.1, 0.15) is 18.4 Å². The summed E-state index contributed by atoms with van der Waals surface area (Å²) in [5.41, 5.74) is 2.44. The number of rotatable bonds is 11. The Hall–Kier alpha value is -3.13. The van der Waals surface area contributed by atoms with Crippen LogP contribution < -0.4 is 14.4 Å². The molecule has 0 N–H and O–H groups in total. The lowest BCUT2D eigenvalue weighted by Gasteiger charge is -2.36. The lowest BCUT2D eigenvalue weighted by molar-refractivity contribution is 0.238. The largest absolute Gasteiger partial charge is 0.495 e. The maximum absolute atomic E-state index is 5.92. The first-order valence-electron chi connectivity index (χ1n) is 11.3. The van der Waals surface area contributed by atoms with Crippen LogP contribution in [-0.4, -0.2) is 71.5 Å². The van der Waals surface area contributed by atoms with Gasteiger partial charge in [-0.15, -0.1) is 10.2 Å². The van der Waals surface area contributed by atoms with Crippen LogP contribution in [0.25, 0.3) is 0 Å². The van der Waals surface area contributed by atoms with Gasteiger partial charge < -0.3 is 14.4 Å². The van der Waals surface area contributed by atoms with Gasteiger partial charge in [-0.25, -0.2) is 0 Å². The van der Waals surface area contributed by atoms with Crippen LogP contribution in [-0.2, 0) is 13.0 Å². The molecule has 3 aromatic rings. The van der Waals surface area contributed by atoms with Gasteiger partial charge in [0.05, 0.1) is 25.9 Å². The molecule has 2 heterocycles. The number of unbranched alkanes of at least 4 members (excludes halogenated alkanes) is 1. The Balaban J connectivity index is 1.09. The Morgan fingerprint density at radius 1 is 0.906 bits per heavy atom. The molecule has 1 aliphatic heterocycles. The molecule has 8 nitrogen and oxygen atoms in total. The van der Waals surface area contributed by atoms with E-state index in [1.165, 1.54) is 17.6 Å². The van der Waals surface area contributed by atoms with Crippen LogP contribution >= 0.6 is 0 Å². The van der Waals surface area contributed by atoms with E-state index in [1.54, 1.807) is 11.9 Å². The highest BCUT2D eigenvalue weighted by atomic mass is 16.5. The maximum atomic E-state index is 5.92. The zero-order valence-corrected chi connectivity index (χ0v) is 18.8. The van der Waals surface area contributed by atoms with Gasteiger partial charge in [0.15, 0.2) is 6.33 Å². The predicted octanol–water partition coefficient (Wildman–Crippen LogP) is 2.91. The van der Waals surface area contributed by atoms with Gasteiger partial charge in [0.1, 0.15) is 11.5 Å². The first-order chi connectivity index (χ1) is 15.8. The molecule has 0 bridgehead atoms. The van der Waals surface area contributed by atoms with Crippen molar-refractivity contribution in [3.05, 3.63) is 60.4 Å². The smallest absolute Gasteiger partial charge is 0.162 e. The molecule has 0 spiro atoms. The van der Waals surface area contributed by atoms with E-state index >= 15 is 0 Å². The summed E-state index contributed by atoms with van der Waals surface area (Å²) < 4.78 is 11.4. The summed E-state index contributed by atoms with van der Waals surface area (Å²) in [6, 6.07) is 16.6. The Morgan fingerprint density at radius 2 is 1.72 bits per heavy atom. The minimum atomic E-state index is 0.730. The molecule has 0 aliphatic carbocycles. The van der Waals surface area contributed by atoms with Crippen LogP contribution in [0.2, 0.25) is 0 Å². The summed E-state index contributed by atoms with van der Waals surface area (Å²) in [5, 5.41) is 11.6. The average Bonchev–Trinajstić information content (AvgIpc) is 3.37. The molecule has 1 aliphatic rings. The van der Waals surface area contributed by atoms with E-state index in [4.69, 9.17) is 9.47 Å². The standard InChI is InChI=1S/C24H32N6O2/c1-31-24-7-3-2-6-23(24)29-17-15-28(16-18-29)13-4-5-19-32-22-10-8-21(9-11-22)12-14-30-26-20-25-27-30/h2-3,6-11,20H,4-5,12-19H2,1H3. The summed E-state index contributed by atoms with van der Waals surface area (Å²) in [7, 11) is 1.74. The molecule has 2 aromatic carbocycles. The zero-order chi connectivity index (χ0) is 22.0. The third-order valence-corrected chi connectivity index (χ3v) is 5.85. The topological polar surface area (TPSA) is 68.5 Å². The molecule has 0 atom stereocenters. The third kappa shape index (κ3) is 6.20. The zero-order valence-electron chi connectivity index (χ0n) is 18.8. The Bertz CT molecular complexity index is 924. The lowest BCUT2D eigenvalue weighted by Crippen LogP contribution is -2.46. The number of tetrazole rings is 1. The van der Waals surface area contributed by atoms with Gasteiger partial charge in [0.25, 0.3) is 0 Å². The first-order valence-corrected chi connectivity index (χ1v) is 11.3. The molecule has 0 radical (unpaired) electrons. The Kier molecular flexibility index (Phi) is 7.92. The van der Waals surface area contributed by atoms with E-state index in [0.29, 0.717) is 0 Å². The summed E-state index contributed by atoms with van der Waals surface area (Å²) in [6.45, 7) is 6.86. The van der Waals surface area contributed by atoms with E-state index in [2.05, 4.69) is 49.5 Å². The van der Waals surface area contributed by atoms with Gasteiger partial charge in [0, 0.05) is 26.2 Å². The number of aromatic nitrogens is 4. The van der Waals surface area contributed by atoms with Crippen molar-refractivity contribution in [1.82, 2.24) is 25.1 Å². The fraction of sp³-hybridized carbons (Fsp3) is 0.458. The summed E-state index contributed by atoms with van der Waals surface area (Å²) in [6.07, 6.45) is 4.55. The number of para-hydroxylation sites is 2. The molecular formula is C24H32N6O2. The van der Waals surface area contributed by atoms with Gasteiger partial charge in [-0.05, 0) is 60.8 Å². The number of methoxy groups -OCH3 is 1. The second kappa shape index (κ2) is 11.5. The molecule has 1 aromatic heterocycles. The average molecular weight is 437 g/mol. The molecule has 1 saturated heterocycles. The number of nitrogens with zero attached hydrogens (tertiary/aromatic N) is 6. The highest BCUT2D eigenvalue weighted by Crippen LogP contribution is 2.28. The fourth-order valence-electron chi connectivity index (χ4n) is 4.00. The normalized spacial score (nSPS) is 14.5. The second-order valence-electron chi connectivity index (χ2n) is 7.98. The molecular weight excluding hydrogens is 404 g/mol. The van der Waals surface area contributed by atoms with Gasteiger partial charge in [-0.2, -0.15) is 4.80 Å². The molecule has 1 fully saturated rings. The van der Waals surface area contributed by atoms with E-state index in [-0.39, 0.29) is 0 Å². The van der Waals surface area contributed by atoms with E-state index in [0.717, 1.165) is 76.6 Å². The summed E-state index contributed by atoms with van der Waals surface area (Å²) in [5.74, 6) is 1.89. The Labute approximate surface area is 189 Å². The second-order valence-corrected chi connectivity index (χ2v) is 7.98. The molecule has 32 heavy (non-hydrogen) atoms. The van der Waals surface area contributed by atoms with Crippen molar-refractivity contribution in [2.75, 3.05) is 51.3 Å². The van der Waals surface area contributed by atoms with E-state index in [9.17, 15) is 0 Å². The number of aryl methyl sites for hydroxylation is 2.